The van der Waals surface area contributed by atoms with Crippen LogP contribution in [0.5, 0.6) is 0 Å². The first kappa shape index (κ1) is 21.6. The highest BCUT2D eigenvalue weighted by molar-refractivity contribution is 7.17. The minimum atomic E-state index is -1.02. The van der Waals surface area contributed by atoms with Crippen LogP contribution in [0.3, 0.4) is 0 Å². The molecular weight excluding hydrogens is 495 g/mol. The SMILES string of the molecule is Cc1[nH]c(C(=O)NC2[C@H]3CN(c4nc(-c5cccc(Cl)c5)c(C(=O)O)s4)C[C@@H]23)c(Cl)c1Cl. The first-order valence-corrected chi connectivity index (χ1v) is 11.8. The van der Waals surface area contributed by atoms with Crippen LogP contribution in [0.1, 0.15) is 25.9 Å². The van der Waals surface area contributed by atoms with Crippen LogP contribution in [-0.2, 0) is 0 Å². The molecule has 3 atom stereocenters. The summed E-state index contributed by atoms with van der Waals surface area (Å²) in [6, 6.07) is 7.05. The zero-order chi connectivity index (χ0) is 22.7. The van der Waals surface area contributed by atoms with E-state index >= 15 is 0 Å². The molecular formula is C21H17Cl3N4O3S. The van der Waals surface area contributed by atoms with Crippen LogP contribution < -0.4 is 10.2 Å². The van der Waals surface area contributed by atoms with Gasteiger partial charge >= 0.3 is 5.97 Å². The molecule has 0 bridgehead atoms. The van der Waals surface area contributed by atoms with Crippen LogP contribution >= 0.6 is 46.1 Å². The molecule has 1 aliphatic heterocycles. The summed E-state index contributed by atoms with van der Waals surface area (Å²) in [6.45, 7) is 3.14. The molecule has 3 aromatic rings. The molecule has 1 saturated heterocycles. The van der Waals surface area contributed by atoms with E-state index < -0.39 is 5.97 Å². The molecule has 1 unspecified atom stereocenters. The van der Waals surface area contributed by atoms with E-state index in [0.717, 1.165) is 11.3 Å². The second-order valence-electron chi connectivity index (χ2n) is 7.97. The monoisotopic (exact) mass is 510 g/mol. The van der Waals surface area contributed by atoms with Gasteiger partial charge in [0.2, 0.25) is 0 Å². The number of piperidine rings is 1. The summed E-state index contributed by atoms with van der Waals surface area (Å²) in [6.07, 6.45) is 0. The number of aryl methyl sites for hydroxylation is 1. The summed E-state index contributed by atoms with van der Waals surface area (Å²) in [5, 5.41) is 14.4. The molecule has 1 aromatic carbocycles. The maximum absolute atomic E-state index is 12.6. The van der Waals surface area contributed by atoms with E-state index in [4.69, 9.17) is 34.8 Å². The van der Waals surface area contributed by atoms with E-state index in [-0.39, 0.29) is 39.4 Å². The molecule has 1 saturated carbocycles. The number of nitrogens with one attached hydrogen (secondary N) is 2. The summed E-state index contributed by atoms with van der Waals surface area (Å²) in [4.78, 5) is 34.2. The van der Waals surface area contributed by atoms with Gasteiger partial charge in [-0.2, -0.15) is 0 Å². The molecule has 1 amide bonds. The summed E-state index contributed by atoms with van der Waals surface area (Å²) in [5.74, 6) is -0.747. The Morgan fingerprint density at radius 1 is 1.22 bits per heavy atom. The average molecular weight is 512 g/mol. The van der Waals surface area contributed by atoms with Crippen molar-refractivity contribution in [3.63, 3.8) is 0 Å². The van der Waals surface area contributed by atoms with E-state index in [1.807, 2.05) is 0 Å². The maximum atomic E-state index is 12.6. The molecule has 2 aromatic heterocycles. The summed E-state index contributed by atoms with van der Waals surface area (Å²) < 4.78 is 0. The third-order valence-corrected chi connectivity index (χ3v) is 8.24. The molecule has 2 fully saturated rings. The second kappa shape index (κ2) is 7.95. The number of amides is 1. The lowest BCUT2D eigenvalue weighted by Gasteiger charge is -2.19. The van der Waals surface area contributed by atoms with Gasteiger partial charge in [-0.15, -0.1) is 0 Å². The number of carboxylic acid groups (broad SMARTS) is 1. The van der Waals surface area contributed by atoms with Crippen LogP contribution in [-0.4, -0.2) is 46.1 Å². The Kier molecular flexibility index (Phi) is 5.36. The molecule has 2 aliphatic rings. The van der Waals surface area contributed by atoms with Gasteiger partial charge < -0.3 is 20.3 Å². The highest BCUT2D eigenvalue weighted by atomic mass is 35.5. The average Bonchev–Trinajstić information content (AvgIpc) is 3.16. The van der Waals surface area contributed by atoms with Crippen molar-refractivity contribution in [2.24, 2.45) is 11.8 Å². The topological polar surface area (TPSA) is 98.3 Å². The van der Waals surface area contributed by atoms with Gasteiger partial charge in [0.15, 0.2) is 5.13 Å². The zero-order valence-corrected chi connectivity index (χ0v) is 19.7. The van der Waals surface area contributed by atoms with E-state index in [1.54, 1.807) is 31.2 Å². The molecule has 1 aliphatic carbocycles. The van der Waals surface area contributed by atoms with Gasteiger partial charge in [0.25, 0.3) is 5.91 Å². The van der Waals surface area contributed by atoms with Crippen molar-refractivity contribution in [1.82, 2.24) is 15.3 Å². The van der Waals surface area contributed by atoms with Gasteiger partial charge in [-0.25, -0.2) is 9.78 Å². The van der Waals surface area contributed by atoms with Gasteiger partial charge in [0.1, 0.15) is 10.6 Å². The normalized spacial score (nSPS) is 21.5. The Hall–Kier alpha value is -2.26. The number of aromatic nitrogens is 2. The van der Waals surface area contributed by atoms with Gasteiger partial charge in [0, 0.05) is 47.2 Å². The number of carboxylic acids is 1. The van der Waals surface area contributed by atoms with Crippen molar-refractivity contribution in [3.8, 4) is 11.3 Å². The lowest BCUT2D eigenvalue weighted by Crippen LogP contribution is -2.34. The number of aromatic carboxylic acids is 1. The van der Waals surface area contributed by atoms with E-state index in [2.05, 4.69) is 20.2 Å². The fourth-order valence-electron chi connectivity index (χ4n) is 4.27. The summed E-state index contributed by atoms with van der Waals surface area (Å²) in [7, 11) is 0. The van der Waals surface area contributed by atoms with Gasteiger partial charge in [-0.05, 0) is 19.1 Å². The lowest BCUT2D eigenvalue weighted by molar-refractivity contribution is 0.0702. The second-order valence-corrected chi connectivity index (χ2v) is 10.1. The number of carbonyl (C=O) groups is 2. The summed E-state index contributed by atoms with van der Waals surface area (Å²) in [5.41, 5.74) is 2.01. The fraction of sp³-hybridized carbons (Fsp3) is 0.286. The number of halogens is 3. The predicted molar refractivity (Wildman–Crippen MR) is 126 cm³/mol. The zero-order valence-electron chi connectivity index (χ0n) is 16.7. The largest absolute Gasteiger partial charge is 0.477 e. The van der Waals surface area contributed by atoms with Crippen molar-refractivity contribution in [2.45, 2.75) is 13.0 Å². The third-order valence-electron chi connectivity index (χ3n) is 5.95. The minimum absolute atomic E-state index is 0.0449. The summed E-state index contributed by atoms with van der Waals surface area (Å²) >= 11 is 19.4. The van der Waals surface area contributed by atoms with Crippen LogP contribution in [0.4, 0.5) is 5.13 Å². The number of hydrogen-bond acceptors (Lipinski definition) is 5. The standard InChI is InChI=1S/C21H17Cl3N4O3S/c1-8-13(23)14(24)17(25-8)19(29)26-16-11-6-28(7-12(11)16)21-27-15(18(32-21)20(30)31)9-3-2-4-10(22)5-9/h2-5,11-12,16,25H,6-7H2,1H3,(H,26,29)(H,30,31)/t11-,12+,16?. The van der Waals surface area contributed by atoms with Crippen molar-refractivity contribution in [1.29, 1.82) is 0 Å². The number of H-pyrrole nitrogens is 1. The molecule has 7 nitrogen and oxygen atoms in total. The Morgan fingerprint density at radius 2 is 1.94 bits per heavy atom. The van der Waals surface area contributed by atoms with Crippen molar-refractivity contribution < 1.29 is 14.7 Å². The van der Waals surface area contributed by atoms with Gasteiger partial charge in [-0.3, -0.25) is 4.79 Å². The smallest absolute Gasteiger partial charge is 0.348 e. The minimum Gasteiger partial charge on any atom is -0.477 e. The Bertz CT molecular complexity index is 1250. The number of rotatable bonds is 5. The van der Waals surface area contributed by atoms with Crippen molar-refractivity contribution in [3.05, 3.63) is 55.6 Å². The molecule has 3 N–H and O–H groups in total. The highest BCUT2D eigenvalue weighted by Gasteiger charge is 2.57. The van der Waals surface area contributed by atoms with Crippen LogP contribution in [0.25, 0.3) is 11.3 Å². The number of fused-ring (bicyclic) bond motifs is 1. The predicted octanol–water partition coefficient (Wildman–Crippen LogP) is 4.97. The molecule has 166 valence electrons. The molecule has 0 radical (unpaired) electrons. The Morgan fingerprint density at radius 3 is 2.53 bits per heavy atom. The Labute approximate surface area is 202 Å². The number of aromatic amines is 1. The number of carbonyl (C=O) groups excluding carboxylic acids is 1. The number of nitrogens with zero attached hydrogens (tertiary/aromatic N) is 2. The quantitative estimate of drug-likeness (QED) is 0.449. The molecule has 0 spiro atoms. The van der Waals surface area contributed by atoms with Crippen LogP contribution in [0.2, 0.25) is 15.1 Å². The fourth-order valence-corrected chi connectivity index (χ4v) is 5.82. The van der Waals surface area contributed by atoms with E-state index in [1.165, 1.54) is 0 Å². The maximum Gasteiger partial charge on any atom is 0.348 e. The number of thiazole rings is 1. The van der Waals surface area contributed by atoms with Crippen molar-refractivity contribution >= 4 is 63.1 Å². The number of hydrogen-bond donors (Lipinski definition) is 3. The van der Waals surface area contributed by atoms with E-state index in [9.17, 15) is 14.7 Å². The number of anilines is 1. The molecule has 5 rings (SSSR count). The van der Waals surface area contributed by atoms with Gasteiger partial charge in [0.05, 0.1) is 15.7 Å². The molecule has 3 heterocycles. The third kappa shape index (κ3) is 3.65. The van der Waals surface area contributed by atoms with E-state index in [0.29, 0.717) is 45.2 Å². The molecule has 32 heavy (non-hydrogen) atoms. The highest BCUT2D eigenvalue weighted by Crippen LogP contribution is 2.48. The van der Waals surface area contributed by atoms with Gasteiger partial charge in [-0.1, -0.05) is 58.3 Å². The lowest BCUT2D eigenvalue weighted by atomic mass is 10.1. The van der Waals surface area contributed by atoms with Crippen molar-refractivity contribution in [2.75, 3.05) is 18.0 Å². The molecule has 11 heteroatoms. The van der Waals surface area contributed by atoms with Crippen LogP contribution in [0.15, 0.2) is 24.3 Å². The Balaban J connectivity index is 1.29. The first-order valence-electron chi connectivity index (χ1n) is 9.84. The first-order chi connectivity index (χ1) is 15.2. The van der Waals surface area contributed by atoms with Crippen LogP contribution in [0, 0.1) is 18.8 Å². The number of benzene rings is 1.